The van der Waals surface area contributed by atoms with E-state index in [0.717, 1.165) is 52.5 Å². The molecular weight excluding hydrogens is 723 g/mol. The molecule has 12 heteroatoms. The van der Waals surface area contributed by atoms with Crippen molar-refractivity contribution in [2.75, 3.05) is 41.5 Å². The molecule has 2 N–H and O–H groups in total. The molecule has 2 heterocycles. The maximum absolute atomic E-state index is 16.2. The maximum atomic E-state index is 16.2. The van der Waals surface area contributed by atoms with Crippen molar-refractivity contribution in [3.63, 3.8) is 0 Å². The molecule has 4 aromatic carbocycles. The molecule has 0 radical (unpaired) electrons. The molecule has 288 valence electrons. The summed E-state index contributed by atoms with van der Waals surface area (Å²) in [6.45, 7) is 2.15. The minimum absolute atomic E-state index is 0.152. The smallest absolute Gasteiger partial charge is 0.309 e. The zero-order chi connectivity index (χ0) is 38.6. The number of aliphatic carboxylic acids is 1. The standard InChI is InChI=1S/C43H46ClFN4O6/c1-47(43-14-11-42(12-15-43,13-16-43)41(51)52)24-33-35(45)17-26(18-37(33)53-2)29-7-5-9-31(40(29)44)30-8-6-10-36-32(30)21-46-49(36)27-19-38(54-3)34(39(20-27)55-4)25-48-22-28(50)23-48/h5-10,17-21,28,50H,11-16,22-25H2,1-4H3,(H,51,52). The van der Waals surface area contributed by atoms with Gasteiger partial charge in [0.05, 0.1) is 60.8 Å². The number of aliphatic hydroxyl groups is 1. The lowest BCUT2D eigenvalue weighted by atomic mass is 9.57. The lowest BCUT2D eigenvalue weighted by molar-refractivity contribution is -0.160. The fourth-order valence-electron chi connectivity index (χ4n) is 9.16. The predicted molar refractivity (Wildman–Crippen MR) is 210 cm³/mol. The Bertz CT molecular complexity index is 2240. The molecule has 2 bridgehead atoms. The summed E-state index contributed by atoms with van der Waals surface area (Å²) in [5, 5.41) is 25.8. The highest BCUT2D eigenvalue weighted by molar-refractivity contribution is 6.36. The van der Waals surface area contributed by atoms with Crippen LogP contribution in [-0.4, -0.2) is 88.9 Å². The van der Waals surface area contributed by atoms with Gasteiger partial charge in [-0.25, -0.2) is 9.07 Å². The topological polar surface area (TPSA) is 110 Å². The molecule has 0 unspecified atom stereocenters. The Balaban J connectivity index is 1.10. The van der Waals surface area contributed by atoms with E-state index in [9.17, 15) is 15.0 Å². The first kappa shape index (κ1) is 37.3. The number of carboxylic acids is 1. The second-order valence-electron chi connectivity index (χ2n) is 15.4. The van der Waals surface area contributed by atoms with Crippen LogP contribution in [0.5, 0.6) is 17.2 Å². The Morgan fingerprint density at radius 1 is 0.891 bits per heavy atom. The van der Waals surface area contributed by atoms with E-state index in [2.05, 4.69) is 9.80 Å². The summed E-state index contributed by atoms with van der Waals surface area (Å²) in [5.41, 5.74) is 5.15. The van der Waals surface area contributed by atoms with E-state index in [1.54, 1.807) is 21.3 Å². The first-order valence-electron chi connectivity index (χ1n) is 18.7. The minimum atomic E-state index is -0.689. The van der Waals surface area contributed by atoms with Gasteiger partial charge in [0.1, 0.15) is 23.1 Å². The summed E-state index contributed by atoms with van der Waals surface area (Å²) < 4.78 is 35.5. The number of hydrogen-bond acceptors (Lipinski definition) is 8. The molecule has 10 nitrogen and oxygen atoms in total. The number of hydrogen-bond donors (Lipinski definition) is 2. The van der Waals surface area contributed by atoms with E-state index >= 15 is 4.39 Å². The summed E-state index contributed by atoms with van der Waals surface area (Å²) in [5.74, 6) is 0.704. The van der Waals surface area contributed by atoms with Crippen molar-refractivity contribution in [2.45, 2.75) is 63.3 Å². The molecule has 3 aliphatic carbocycles. The normalized spacial score (nSPS) is 21.2. The fraction of sp³-hybridized carbons (Fsp3) is 0.395. The van der Waals surface area contributed by atoms with Gasteiger partial charge in [0, 0.05) is 65.9 Å². The summed E-state index contributed by atoms with van der Waals surface area (Å²) in [6, 6.07) is 19.0. The van der Waals surface area contributed by atoms with Crippen LogP contribution in [0.1, 0.15) is 49.7 Å². The molecule has 55 heavy (non-hydrogen) atoms. The van der Waals surface area contributed by atoms with Crippen LogP contribution in [0.15, 0.2) is 66.9 Å². The third kappa shape index (κ3) is 6.40. The van der Waals surface area contributed by atoms with Crippen LogP contribution in [-0.2, 0) is 17.9 Å². The number of aromatic nitrogens is 2. The van der Waals surface area contributed by atoms with Gasteiger partial charge in [-0.05, 0) is 74.9 Å². The number of aliphatic hydroxyl groups excluding tert-OH is 1. The van der Waals surface area contributed by atoms with Gasteiger partial charge < -0.3 is 24.4 Å². The van der Waals surface area contributed by atoms with Crippen molar-refractivity contribution in [1.29, 1.82) is 0 Å². The number of likely N-dealkylation sites (tertiary alicyclic amines) is 1. The number of halogens is 2. The molecule has 0 amide bonds. The number of ether oxygens (including phenoxy) is 3. The molecule has 4 fully saturated rings. The van der Waals surface area contributed by atoms with Crippen molar-refractivity contribution in [3.05, 3.63) is 88.8 Å². The molecule has 3 saturated carbocycles. The van der Waals surface area contributed by atoms with Crippen LogP contribution < -0.4 is 14.2 Å². The SMILES string of the molecule is COc1cc(-c2cccc(-c3cccc4c3cnn4-c3cc(OC)c(CN4CC(O)C4)c(OC)c3)c2Cl)cc(F)c1CN(C)C12CCC(C(=O)O)(CC1)CC2. The number of fused-ring (bicyclic) bond motifs is 4. The van der Waals surface area contributed by atoms with Gasteiger partial charge in [0.2, 0.25) is 0 Å². The highest BCUT2D eigenvalue weighted by Gasteiger charge is 2.54. The quantitative estimate of drug-likeness (QED) is 0.131. The van der Waals surface area contributed by atoms with Crippen LogP contribution >= 0.6 is 11.6 Å². The van der Waals surface area contributed by atoms with E-state index in [-0.39, 0.29) is 17.5 Å². The van der Waals surface area contributed by atoms with Crippen LogP contribution in [0.25, 0.3) is 38.8 Å². The van der Waals surface area contributed by atoms with Crippen LogP contribution in [0.4, 0.5) is 4.39 Å². The summed E-state index contributed by atoms with van der Waals surface area (Å²) >= 11 is 7.22. The van der Waals surface area contributed by atoms with E-state index in [0.29, 0.717) is 84.4 Å². The second-order valence-corrected chi connectivity index (χ2v) is 15.8. The summed E-state index contributed by atoms with van der Waals surface area (Å²) in [6.07, 6.45) is 5.81. The van der Waals surface area contributed by atoms with Crippen molar-refractivity contribution < 1.29 is 33.6 Å². The molecule has 9 rings (SSSR count). The summed E-state index contributed by atoms with van der Waals surface area (Å²) in [4.78, 5) is 16.3. The number of nitrogens with zero attached hydrogens (tertiary/aromatic N) is 4. The van der Waals surface area contributed by atoms with E-state index in [1.807, 2.05) is 72.5 Å². The van der Waals surface area contributed by atoms with Crippen molar-refractivity contribution >= 4 is 28.5 Å². The van der Waals surface area contributed by atoms with Crippen molar-refractivity contribution in [1.82, 2.24) is 19.6 Å². The van der Waals surface area contributed by atoms with E-state index < -0.39 is 11.4 Å². The molecule has 1 aliphatic heterocycles. The molecule has 0 spiro atoms. The highest BCUT2D eigenvalue weighted by Crippen LogP contribution is 2.55. The Morgan fingerprint density at radius 3 is 2.11 bits per heavy atom. The number of β-amino-alcohol motifs (C(OH)–C–C–N with tert-alkyl or cyclic N) is 1. The number of benzene rings is 4. The Morgan fingerprint density at radius 2 is 1.49 bits per heavy atom. The lowest BCUT2D eigenvalue weighted by Crippen LogP contribution is -2.57. The van der Waals surface area contributed by atoms with Gasteiger partial charge in [-0.1, -0.05) is 41.9 Å². The Kier molecular flexibility index (Phi) is 9.78. The zero-order valence-electron chi connectivity index (χ0n) is 31.6. The Hall–Kier alpha value is -4.68. The molecule has 1 aromatic heterocycles. The largest absolute Gasteiger partial charge is 0.496 e. The van der Waals surface area contributed by atoms with Gasteiger partial charge in [-0.15, -0.1) is 0 Å². The fourth-order valence-corrected chi connectivity index (χ4v) is 9.50. The molecule has 0 atom stereocenters. The maximum Gasteiger partial charge on any atom is 0.309 e. The van der Waals surface area contributed by atoms with Gasteiger partial charge in [-0.3, -0.25) is 14.6 Å². The van der Waals surface area contributed by atoms with Gasteiger partial charge >= 0.3 is 5.97 Å². The Labute approximate surface area is 325 Å². The van der Waals surface area contributed by atoms with Crippen LogP contribution in [0.3, 0.4) is 0 Å². The van der Waals surface area contributed by atoms with Crippen LogP contribution in [0, 0.1) is 11.2 Å². The average Bonchev–Trinajstić information content (AvgIpc) is 3.63. The monoisotopic (exact) mass is 768 g/mol. The number of carbonyl (C=O) groups is 1. The predicted octanol–water partition coefficient (Wildman–Crippen LogP) is 7.96. The van der Waals surface area contributed by atoms with Crippen LogP contribution in [0.2, 0.25) is 5.02 Å². The first-order valence-corrected chi connectivity index (χ1v) is 19.1. The second kappa shape index (κ2) is 14.4. The van der Waals surface area contributed by atoms with E-state index in [4.69, 9.17) is 30.9 Å². The van der Waals surface area contributed by atoms with Crippen molar-refractivity contribution in [2.24, 2.45) is 5.41 Å². The third-order valence-electron chi connectivity index (χ3n) is 12.6. The van der Waals surface area contributed by atoms with Gasteiger partial charge in [-0.2, -0.15) is 5.10 Å². The first-order chi connectivity index (χ1) is 26.5. The molecule has 1 saturated heterocycles. The molecule has 4 aliphatic rings. The van der Waals surface area contributed by atoms with Crippen molar-refractivity contribution in [3.8, 4) is 45.2 Å². The molecule has 5 aromatic rings. The van der Waals surface area contributed by atoms with E-state index in [1.165, 1.54) is 6.07 Å². The lowest BCUT2D eigenvalue weighted by Gasteiger charge is -2.55. The zero-order valence-corrected chi connectivity index (χ0v) is 32.3. The number of methoxy groups -OCH3 is 3. The highest BCUT2D eigenvalue weighted by atomic mass is 35.5. The number of rotatable bonds is 12. The summed E-state index contributed by atoms with van der Waals surface area (Å²) in [7, 11) is 6.83. The minimum Gasteiger partial charge on any atom is -0.496 e. The average molecular weight is 769 g/mol. The van der Waals surface area contributed by atoms with Gasteiger partial charge in [0.15, 0.2) is 0 Å². The third-order valence-corrected chi connectivity index (χ3v) is 13.0. The molecular formula is C43H46ClFN4O6. The van der Waals surface area contributed by atoms with Gasteiger partial charge in [0.25, 0.3) is 0 Å². The number of carboxylic acid groups (broad SMARTS) is 1.